The van der Waals surface area contributed by atoms with Crippen LogP contribution in [0, 0.1) is 0 Å². The first-order valence-corrected chi connectivity index (χ1v) is 7.90. The van der Waals surface area contributed by atoms with Crippen molar-refractivity contribution in [3.63, 3.8) is 0 Å². The Bertz CT molecular complexity index is 579. The second-order valence-electron chi connectivity index (χ2n) is 5.85. The lowest BCUT2D eigenvalue weighted by molar-refractivity contribution is -0.135. The van der Waals surface area contributed by atoms with E-state index in [1.54, 1.807) is 12.1 Å². The molecule has 0 spiro atoms. The van der Waals surface area contributed by atoms with E-state index in [1.165, 1.54) is 0 Å². The molecule has 2 fully saturated rings. The van der Waals surface area contributed by atoms with Crippen LogP contribution in [0.2, 0.25) is 10.0 Å². The largest absolute Gasteiger partial charge is 0.508 e. The van der Waals surface area contributed by atoms with Crippen LogP contribution in [0.25, 0.3) is 0 Å². The summed E-state index contributed by atoms with van der Waals surface area (Å²) in [5.74, 6) is 0.373. The molecule has 3 rings (SSSR count). The van der Waals surface area contributed by atoms with E-state index in [4.69, 9.17) is 23.2 Å². The van der Waals surface area contributed by atoms with Gasteiger partial charge in [0.1, 0.15) is 5.75 Å². The van der Waals surface area contributed by atoms with Crippen molar-refractivity contribution in [3.05, 3.63) is 27.7 Å². The summed E-state index contributed by atoms with van der Waals surface area (Å²) < 4.78 is 0. The molecule has 0 bridgehead atoms. The number of carbonyl (C=O) groups is 1. The van der Waals surface area contributed by atoms with Gasteiger partial charge in [-0.25, -0.2) is 0 Å². The first-order valence-electron chi connectivity index (χ1n) is 7.14. The van der Waals surface area contributed by atoms with Gasteiger partial charge in [0, 0.05) is 36.5 Å². The molecule has 2 N–H and O–H groups in total. The van der Waals surface area contributed by atoms with Crippen molar-refractivity contribution < 1.29 is 9.90 Å². The van der Waals surface area contributed by atoms with E-state index in [0.29, 0.717) is 28.6 Å². The summed E-state index contributed by atoms with van der Waals surface area (Å²) in [7, 11) is 1.89. The maximum atomic E-state index is 12.2. The van der Waals surface area contributed by atoms with Gasteiger partial charge in [-0.3, -0.25) is 4.79 Å². The lowest BCUT2D eigenvalue weighted by atomic mass is 9.92. The number of piperidine rings is 1. The number of nitrogens with zero attached hydrogens (tertiary/aromatic N) is 1. The van der Waals surface area contributed by atoms with Crippen molar-refractivity contribution in [2.24, 2.45) is 0 Å². The third-order valence-corrected chi connectivity index (χ3v) is 5.46. The van der Waals surface area contributed by atoms with E-state index < -0.39 is 0 Å². The summed E-state index contributed by atoms with van der Waals surface area (Å²) in [6, 6.07) is 3.61. The molecule has 114 valence electrons. The second-order valence-corrected chi connectivity index (χ2v) is 6.64. The number of nitrogens with one attached hydrogen (secondary N) is 1. The minimum absolute atomic E-state index is 0.0424. The van der Waals surface area contributed by atoms with Crippen molar-refractivity contribution >= 4 is 29.1 Å². The number of phenolic OH excluding ortho intramolecular Hbond substituents is 1. The van der Waals surface area contributed by atoms with E-state index in [-0.39, 0.29) is 29.7 Å². The quantitative estimate of drug-likeness (QED) is 0.877. The van der Waals surface area contributed by atoms with Crippen molar-refractivity contribution in [3.8, 4) is 5.75 Å². The molecule has 6 heteroatoms. The Morgan fingerprint density at radius 1 is 1.33 bits per heavy atom. The minimum atomic E-state index is 0.0424. The Hall–Kier alpha value is -0.970. The summed E-state index contributed by atoms with van der Waals surface area (Å²) in [4.78, 5) is 14.1. The molecule has 21 heavy (non-hydrogen) atoms. The maximum Gasteiger partial charge on any atom is 0.224 e. The van der Waals surface area contributed by atoms with Crippen molar-refractivity contribution in [2.75, 3.05) is 13.6 Å². The van der Waals surface area contributed by atoms with E-state index in [0.717, 1.165) is 12.8 Å². The van der Waals surface area contributed by atoms with E-state index in [1.807, 2.05) is 11.9 Å². The standard InChI is InChI=1S/C15H18Cl2N2O2/c1-18-9-5-10-4-8(7-19(10)13(21)6-9)14-12(20)3-2-11(16)15(14)17/h2-3,8-10,18,20H,4-7H2,1H3/t8-,9+,10-/m0/s1. The number of benzene rings is 1. The number of rotatable bonds is 2. The molecule has 2 heterocycles. The first-order chi connectivity index (χ1) is 10.0. The summed E-state index contributed by atoms with van der Waals surface area (Å²) in [5.41, 5.74) is 0.673. The smallest absolute Gasteiger partial charge is 0.224 e. The number of carbonyl (C=O) groups excluding carboxylic acids is 1. The molecule has 4 nitrogen and oxygen atoms in total. The Kier molecular flexibility index (Phi) is 4.04. The van der Waals surface area contributed by atoms with Gasteiger partial charge < -0.3 is 15.3 Å². The van der Waals surface area contributed by atoms with Gasteiger partial charge in [-0.05, 0) is 32.0 Å². The van der Waals surface area contributed by atoms with Crippen LogP contribution in [-0.4, -0.2) is 41.6 Å². The molecule has 2 saturated heterocycles. The summed E-state index contributed by atoms with van der Waals surface area (Å²) in [5, 5.41) is 14.1. The van der Waals surface area contributed by atoms with Gasteiger partial charge in [0.05, 0.1) is 10.0 Å². The number of aromatic hydroxyl groups is 1. The Labute approximate surface area is 134 Å². The average Bonchev–Trinajstić information content (AvgIpc) is 2.87. The third kappa shape index (κ3) is 2.60. The molecule has 0 saturated carbocycles. The van der Waals surface area contributed by atoms with Crippen LogP contribution in [0.15, 0.2) is 12.1 Å². The van der Waals surface area contributed by atoms with Gasteiger partial charge >= 0.3 is 0 Å². The Morgan fingerprint density at radius 3 is 2.81 bits per heavy atom. The highest BCUT2D eigenvalue weighted by molar-refractivity contribution is 6.42. The van der Waals surface area contributed by atoms with E-state index in [9.17, 15) is 9.90 Å². The van der Waals surface area contributed by atoms with Gasteiger partial charge in [-0.2, -0.15) is 0 Å². The zero-order valence-corrected chi connectivity index (χ0v) is 13.3. The molecular weight excluding hydrogens is 311 g/mol. The highest BCUT2D eigenvalue weighted by Crippen LogP contribution is 2.44. The normalized spacial score (nSPS) is 28.8. The van der Waals surface area contributed by atoms with Crippen LogP contribution in [-0.2, 0) is 4.79 Å². The van der Waals surface area contributed by atoms with Crippen LogP contribution in [0.1, 0.15) is 30.7 Å². The molecule has 0 aliphatic carbocycles. The first kappa shape index (κ1) is 14.9. The summed E-state index contributed by atoms with van der Waals surface area (Å²) >= 11 is 12.3. The summed E-state index contributed by atoms with van der Waals surface area (Å²) in [6.45, 7) is 0.605. The predicted octanol–water partition coefficient (Wildman–Crippen LogP) is 2.77. The Balaban J connectivity index is 1.88. The highest BCUT2D eigenvalue weighted by Gasteiger charge is 2.42. The third-order valence-electron chi connectivity index (χ3n) is 4.64. The molecule has 3 atom stereocenters. The van der Waals surface area contributed by atoms with Crippen LogP contribution in [0.3, 0.4) is 0 Å². The summed E-state index contributed by atoms with van der Waals surface area (Å²) in [6.07, 6.45) is 2.30. The number of hydrogen-bond acceptors (Lipinski definition) is 3. The lowest BCUT2D eigenvalue weighted by Crippen LogP contribution is -2.48. The molecule has 2 aliphatic heterocycles. The number of phenols is 1. The average molecular weight is 329 g/mol. The van der Waals surface area contributed by atoms with Gasteiger partial charge in [0.25, 0.3) is 0 Å². The minimum Gasteiger partial charge on any atom is -0.508 e. The molecule has 0 aromatic heterocycles. The van der Waals surface area contributed by atoms with Crippen LogP contribution in [0.5, 0.6) is 5.75 Å². The SMILES string of the molecule is CN[C@H]1CC(=O)N2C[C@@H](c3c(O)ccc(Cl)c3Cl)C[C@H]2C1. The van der Waals surface area contributed by atoms with Gasteiger partial charge in [-0.1, -0.05) is 23.2 Å². The van der Waals surface area contributed by atoms with Gasteiger partial charge in [0.2, 0.25) is 5.91 Å². The van der Waals surface area contributed by atoms with E-state index in [2.05, 4.69) is 5.32 Å². The zero-order chi connectivity index (χ0) is 15.1. The number of halogens is 2. The number of hydrogen-bond donors (Lipinski definition) is 2. The topological polar surface area (TPSA) is 52.6 Å². The molecular formula is C15H18Cl2N2O2. The predicted molar refractivity (Wildman–Crippen MR) is 83.1 cm³/mol. The van der Waals surface area contributed by atoms with Crippen molar-refractivity contribution in [2.45, 2.75) is 37.3 Å². The highest BCUT2D eigenvalue weighted by atomic mass is 35.5. The second kappa shape index (κ2) is 5.67. The Morgan fingerprint density at radius 2 is 2.10 bits per heavy atom. The lowest BCUT2D eigenvalue weighted by Gasteiger charge is -2.34. The van der Waals surface area contributed by atoms with Crippen LogP contribution < -0.4 is 5.32 Å². The van der Waals surface area contributed by atoms with Crippen LogP contribution >= 0.6 is 23.2 Å². The number of fused-ring (bicyclic) bond motifs is 1. The van der Waals surface area contributed by atoms with Gasteiger partial charge in [-0.15, -0.1) is 0 Å². The molecule has 1 aromatic rings. The molecule has 2 aliphatic rings. The van der Waals surface area contributed by atoms with Gasteiger partial charge in [0.15, 0.2) is 0 Å². The van der Waals surface area contributed by atoms with Crippen molar-refractivity contribution in [1.29, 1.82) is 0 Å². The maximum absolute atomic E-state index is 12.2. The van der Waals surface area contributed by atoms with E-state index >= 15 is 0 Å². The monoisotopic (exact) mass is 328 g/mol. The van der Waals surface area contributed by atoms with Crippen LogP contribution in [0.4, 0.5) is 0 Å². The number of amides is 1. The molecule has 0 radical (unpaired) electrons. The fraction of sp³-hybridized carbons (Fsp3) is 0.533. The van der Waals surface area contributed by atoms with Crippen molar-refractivity contribution in [1.82, 2.24) is 10.2 Å². The molecule has 1 aromatic carbocycles. The fourth-order valence-electron chi connectivity index (χ4n) is 3.56. The molecule has 0 unspecified atom stereocenters. The molecule has 1 amide bonds. The fourth-order valence-corrected chi connectivity index (χ4v) is 4.04. The zero-order valence-electron chi connectivity index (χ0n) is 11.8.